The van der Waals surface area contributed by atoms with Crippen LogP contribution in [0.5, 0.6) is 0 Å². The van der Waals surface area contributed by atoms with Crippen molar-refractivity contribution in [3.8, 4) is 0 Å². The molecule has 216 valence electrons. The number of aliphatic hydroxyl groups excluding tert-OH is 1. The van der Waals surface area contributed by atoms with Gasteiger partial charge in [-0.2, -0.15) is 0 Å². The van der Waals surface area contributed by atoms with E-state index in [0.717, 1.165) is 11.1 Å². The van der Waals surface area contributed by atoms with Crippen LogP contribution in [0.25, 0.3) is 0 Å². The smallest absolute Gasteiger partial charge is 0.414 e. The normalized spacial score (nSPS) is 22.4. The van der Waals surface area contributed by atoms with Gasteiger partial charge in [-0.3, -0.25) is 19.4 Å². The number of aliphatic hydroxyl groups is 2. The van der Waals surface area contributed by atoms with E-state index in [1.807, 2.05) is 42.5 Å². The van der Waals surface area contributed by atoms with Gasteiger partial charge < -0.3 is 19.8 Å². The average molecular weight is 568 g/mol. The molecule has 3 heterocycles. The molecule has 0 spiro atoms. The number of benzene rings is 3. The zero-order valence-electron chi connectivity index (χ0n) is 23.3. The Kier molecular flexibility index (Phi) is 7.30. The van der Waals surface area contributed by atoms with Gasteiger partial charge in [0.15, 0.2) is 5.60 Å². The summed E-state index contributed by atoms with van der Waals surface area (Å²) < 4.78 is 5.10. The van der Waals surface area contributed by atoms with Crippen molar-refractivity contribution in [1.82, 2.24) is 4.90 Å². The fourth-order valence-corrected chi connectivity index (χ4v) is 6.16. The monoisotopic (exact) mass is 567 g/mol. The van der Waals surface area contributed by atoms with Crippen molar-refractivity contribution >= 4 is 35.0 Å². The van der Waals surface area contributed by atoms with E-state index in [-0.39, 0.29) is 31.6 Å². The predicted octanol–water partition coefficient (Wildman–Crippen LogP) is 4.04. The topological polar surface area (TPSA) is 111 Å². The number of para-hydroxylation sites is 1. The van der Waals surface area contributed by atoms with Gasteiger partial charge >= 0.3 is 6.09 Å². The van der Waals surface area contributed by atoms with Crippen LogP contribution < -0.4 is 9.80 Å². The molecule has 6 rings (SSSR count). The summed E-state index contributed by atoms with van der Waals surface area (Å²) in [5, 5.41) is 22.1. The number of carbonyl (C=O) groups is 3. The quantitative estimate of drug-likeness (QED) is 0.417. The number of carbonyl (C=O) groups excluding carboxylic acids is 3. The van der Waals surface area contributed by atoms with Gasteiger partial charge in [0.2, 0.25) is 5.91 Å². The minimum atomic E-state index is -1.94. The zero-order valence-corrected chi connectivity index (χ0v) is 23.3. The molecule has 3 atom stereocenters. The third-order valence-corrected chi connectivity index (χ3v) is 8.51. The average Bonchev–Trinajstić information content (AvgIpc) is 3.54. The Balaban J connectivity index is 1.27. The molecule has 9 heteroatoms. The fourth-order valence-electron chi connectivity index (χ4n) is 6.16. The van der Waals surface area contributed by atoms with Crippen LogP contribution in [0.3, 0.4) is 0 Å². The number of rotatable bonds is 7. The molecule has 2 N–H and O–H groups in total. The van der Waals surface area contributed by atoms with Gasteiger partial charge in [0.1, 0.15) is 6.61 Å². The van der Waals surface area contributed by atoms with Crippen LogP contribution in [0, 0.1) is 5.92 Å². The van der Waals surface area contributed by atoms with Gasteiger partial charge in [0, 0.05) is 35.8 Å². The number of cyclic esters (lactones) is 1. The van der Waals surface area contributed by atoms with Crippen LogP contribution >= 0.6 is 0 Å². The molecule has 3 aliphatic rings. The summed E-state index contributed by atoms with van der Waals surface area (Å²) in [5.74, 6) is -1.36. The standard InChI is InChI=1S/C33H33N3O6/c1-22(8-7-13-30(38)35-20-24-10-6-5-9-23(24)18-27(35)21-37)33(41)28-19-26(34-16-17-42-32(34)40)14-15-29(28)36(31(33)39)25-11-3-2-4-12-25/h2-12,14-15,19,22,27,37,41H,13,16-18,20-21H2,1H3/b8-7+/t22-,27-,33+/m0/s1. The minimum absolute atomic E-state index is 0.0577. The molecule has 0 unspecified atom stereocenters. The van der Waals surface area contributed by atoms with E-state index >= 15 is 0 Å². The van der Waals surface area contributed by atoms with Crippen molar-refractivity contribution < 1.29 is 29.3 Å². The number of hydrogen-bond donors (Lipinski definition) is 2. The Morgan fingerprint density at radius 2 is 1.79 bits per heavy atom. The molecule has 1 saturated heterocycles. The maximum absolute atomic E-state index is 14.0. The lowest BCUT2D eigenvalue weighted by molar-refractivity contribution is -0.138. The Bertz CT molecular complexity index is 1560. The van der Waals surface area contributed by atoms with Crippen molar-refractivity contribution in [1.29, 1.82) is 0 Å². The second-order valence-corrected chi connectivity index (χ2v) is 11.0. The van der Waals surface area contributed by atoms with E-state index in [4.69, 9.17) is 4.74 Å². The predicted molar refractivity (Wildman–Crippen MR) is 157 cm³/mol. The highest BCUT2D eigenvalue weighted by atomic mass is 16.6. The number of amides is 3. The minimum Gasteiger partial charge on any atom is -0.447 e. The molecule has 1 fully saturated rings. The van der Waals surface area contributed by atoms with Gasteiger partial charge in [0.05, 0.1) is 24.9 Å². The van der Waals surface area contributed by atoms with Crippen LogP contribution in [0.15, 0.2) is 84.9 Å². The molecular formula is C33H33N3O6. The second-order valence-electron chi connectivity index (χ2n) is 11.0. The first-order valence-corrected chi connectivity index (χ1v) is 14.2. The Morgan fingerprint density at radius 1 is 1.05 bits per heavy atom. The molecule has 0 saturated carbocycles. The molecule has 3 amide bonds. The molecule has 3 aromatic carbocycles. The fraction of sp³-hybridized carbons (Fsp3) is 0.303. The Labute approximate surface area is 244 Å². The van der Waals surface area contributed by atoms with Gasteiger partial charge in [0.25, 0.3) is 5.91 Å². The highest BCUT2D eigenvalue weighted by molar-refractivity contribution is 6.12. The van der Waals surface area contributed by atoms with E-state index in [2.05, 4.69) is 0 Å². The molecule has 3 aromatic rings. The zero-order chi connectivity index (χ0) is 29.4. The summed E-state index contributed by atoms with van der Waals surface area (Å²) >= 11 is 0. The number of hydrogen-bond acceptors (Lipinski definition) is 6. The van der Waals surface area contributed by atoms with E-state index in [1.165, 1.54) is 9.80 Å². The van der Waals surface area contributed by atoms with Crippen molar-refractivity contribution in [2.45, 2.75) is 38.0 Å². The Morgan fingerprint density at radius 3 is 2.50 bits per heavy atom. The maximum atomic E-state index is 14.0. The largest absolute Gasteiger partial charge is 0.447 e. The SMILES string of the molecule is C[C@@H](/C=C/CC(=O)N1Cc2ccccc2C[C@H]1CO)[C@]1(O)C(=O)N(c2ccccc2)c2ccc(N3CCOC3=O)cc21. The first kappa shape index (κ1) is 27.7. The van der Waals surface area contributed by atoms with Crippen molar-refractivity contribution in [2.24, 2.45) is 5.92 Å². The lowest BCUT2D eigenvalue weighted by Crippen LogP contribution is -2.46. The maximum Gasteiger partial charge on any atom is 0.414 e. The first-order valence-electron chi connectivity index (χ1n) is 14.2. The molecule has 0 aliphatic carbocycles. The third-order valence-electron chi connectivity index (χ3n) is 8.51. The molecule has 0 bridgehead atoms. The first-order chi connectivity index (χ1) is 20.3. The van der Waals surface area contributed by atoms with E-state index in [0.29, 0.717) is 42.1 Å². The number of nitrogens with zero attached hydrogens (tertiary/aromatic N) is 3. The van der Waals surface area contributed by atoms with E-state index in [1.54, 1.807) is 54.3 Å². The molecule has 42 heavy (non-hydrogen) atoms. The second kappa shape index (κ2) is 11.1. The van der Waals surface area contributed by atoms with Crippen LogP contribution in [0.4, 0.5) is 21.9 Å². The summed E-state index contributed by atoms with van der Waals surface area (Å²) in [5.41, 5.74) is 2.30. The third kappa shape index (κ3) is 4.64. The van der Waals surface area contributed by atoms with E-state index < -0.39 is 23.5 Å². The van der Waals surface area contributed by atoms with Crippen molar-refractivity contribution in [3.63, 3.8) is 0 Å². The summed E-state index contributed by atoms with van der Waals surface area (Å²) in [7, 11) is 0. The lowest BCUT2D eigenvalue weighted by Gasteiger charge is -2.36. The molecule has 9 nitrogen and oxygen atoms in total. The van der Waals surface area contributed by atoms with Crippen molar-refractivity contribution in [3.05, 3.63) is 102 Å². The van der Waals surface area contributed by atoms with Gasteiger partial charge in [-0.25, -0.2) is 4.79 Å². The molecule has 0 aromatic heterocycles. The summed E-state index contributed by atoms with van der Waals surface area (Å²) in [6.07, 6.45) is 3.54. The lowest BCUT2D eigenvalue weighted by atomic mass is 9.82. The summed E-state index contributed by atoms with van der Waals surface area (Å²) in [6, 6.07) is 21.9. The summed E-state index contributed by atoms with van der Waals surface area (Å²) in [4.78, 5) is 44.2. The summed E-state index contributed by atoms with van der Waals surface area (Å²) in [6.45, 7) is 2.67. The number of anilines is 3. The molecule has 3 aliphatic heterocycles. The van der Waals surface area contributed by atoms with Gasteiger partial charge in [-0.05, 0) is 47.9 Å². The van der Waals surface area contributed by atoms with Crippen LogP contribution in [0.2, 0.25) is 0 Å². The number of fused-ring (bicyclic) bond motifs is 2. The number of ether oxygens (including phenoxy) is 1. The highest BCUT2D eigenvalue weighted by Crippen LogP contribution is 2.49. The van der Waals surface area contributed by atoms with Gasteiger partial charge in [-0.1, -0.05) is 61.5 Å². The molecule has 0 radical (unpaired) electrons. The van der Waals surface area contributed by atoms with Crippen LogP contribution in [-0.2, 0) is 32.9 Å². The van der Waals surface area contributed by atoms with Crippen LogP contribution in [-0.4, -0.2) is 58.8 Å². The molecular weight excluding hydrogens is 534 g/mol. The van der Waals surface area contributed by atoms with E-state index in [9.17, 15) is 24.6 Å². The van der Waals surface area contributed by atoms with Gasteiger partial charge in [-0.15, -0.1) is 0 Å². The highest BCUT2D eigenvalue weighted by Gasteiger charge is 2.53. The van der Waals surface area contributed by atoms with Crippen molar-refractivity contribution in [2.75, 3.05) is 29.6 Å². The Hall–Kier alpha value is -4.47. The van der Waals surface area contributed by atoms with Crippen LogP contribution in [0.1, 0.15) is 30.0 Å².